The number of benzene rings is 2. The largest absolute Gasteiger partial charge is 0.497 e. The summed E-state index contributed by atoms with van der Waals surface area (Å²) in [7, 11) is 1.74. The number of pyridine rings is 1. The molecular formula is C24H27N3O. The van der Waals surface area contributed by atoms with E-state index in [2.05, 4.69) is 51.7 Å². The second kappa shape index (κ2) is 7.10. The van der Waals surface area contributed by atoms with E-state index < -0.39 is 0 Å². The van der Waals surface area contributed by atoms with Gasteiger partial charge in [-0.15, -0.1) is 0 Å². The highest BCUT2D eigenvalue weighted by molar-refractivity contribution is 6.14. The van der Waals surface area contributed by atoms with Crippen LogP contribution in [0.3, 0.4) is 0 Å². The first-order valence-electron chi connectivity index (χ1n) is 10.3. The average Bonchev–Trinajstić information content (AvgIpc) is 3.06. The first kappa shape index (κ1) is 17.5. The van der Waals surface area contributed by atoms with E-state index in [1.54, 1.807) is 7.11 Å². The molecule has 4 nitrogen and oxygen atoms in total. The van der Waals surface area contributed by atoms with Crippen LogP contribution in [0.4, 0.5) is 0 Å². The molecule has 3 heterocycles. The Morgan fingerprint density at radius 3 is 2.64 bits per heavy atom. The molecule has 1 fully saturated rings. The quantitative estimate of drug-likeness (QED) is 0.496. The standard InChI is InChI=1S/C24H27N3O/c1-17-20-8-9-25-16-18(20)14-22-21-15-19(28-2)6-7-23(21)27(24(17)22)13-12-26-10-4-3-5-11-26/h6-9,14-16H,3-5,10-13H2,1-2H3. The molecule has 1 saturated heterocycles. The van der Waals surface area contributed by atoms with Crippen molar-refractivity contribution in [2.45, 2.75) is 32.7 Å². The summed E-state index contributed by atoms with van der Waals surface area (Å²) < 4.78 is 8.05. The molecule has 0 bridgehead atoms. The van der Waals surface area contributed by atoms with Crippen LogP contribution >= 0.6 is 0 Å². The van der Waals surface area contributed by atoms with Crippen molar-refractivity contribution in [2.24, 2.45) is 0 Å². The fourth-order valence-corrected chi connectivity index (χ4v) is 4.84. The van der Waals surface area contributed by atoms with Crippen molar-refractivity contribution in [1.29, 1.82) is 0 Å². The Labute approximate surface area is 165 Å². The van der Waals surface area contributed by atoms with Crippen LogP contribution in [0.1, 0.15) is 24.8 Å². The molecule has 5 rings (SSSR count). The lowest BCUT2D eigenvalue weighted by Crippen LogP contribution is -2.32. The number of aromatic nitrogens is 2. The van der Waals surface area contributed by atoms with Gasteiger partial charge in [-0.2, -0.15) is 0 Å². The van der Waals surface area contributed by atoms with Gasteiger partial charge in [0.15, 0.2) is 0 Å². The van der Waals surface area contributed by atoms with Crippen LogP contribution in [-0.4, -0.2) is 41.2 Å². The molecule has 0 N–H and O–H groups in total. The van der Waals surface area contributed by atoms with Crippen LogP contribution in [-0.2, 0) is 6.54 Å². The van der Waals surface area contributed by atoms with Crippen molar-refractivity contribution in [2.75, 3.05) is 26.7 Å². The maximum Gasteiger partial charge on any atom is 0.119 e. The van der Waals surface area contributed by atoms with Crippen molar-refractivity contribution in [3.05, 3.63) is 48.3 Å². The molecule has 144 valence electrons. The minimum absolute atomic E-state index is 0.909. The number of likely N-dealkylation sites (tertiary alicyclic amines) is 1. The molecule has 0 saturated carbocycles. The van der Waals surface area contributed by atoms with Gasteiger partial charge < -0.3 is 14.2 Å². The van der Waals surface area contributed by atoms with Gasteiger partial charge in [-0.3, -0.25) is 4.98 Å². The number of methoxy groups -OCH3 is 1. The normalized spacial score (nSPS) is 15.6. The molecule has 0 spiro atoms. The molecule has 4 heteroatoms. The van der Waals surface area contributed by atoms with Crippen LogP contribution in [0, 0.1) is 6.92 Å². The zero-order chi connectivity index (χ0) is 19.1. The van der Waals surface area contributed by atoms with Crippen LogP contribution < -0.4 is 4.74 Å². The number of piperidine rings is 1. The first-order chi connectivity index (χ1) is 13.8. The summed E-state index contributed by atoms with van der Waals surface area (Å²) in [6.45, 7) is 6.84. The Balaban J connectivity index is 1.72. The number of hydrogen-bond donors (Lipinski definition) is 0. The molecule has 1 aliphatic rings. The number of rotatable bonds is 4. The predicted octanol–water partition coefficient (Wildman–Crippen LogP) is 5.15. The summed E-state index contributed by atoms with van der Waals surface area (Å²) in [5.41, 5.74) is 3.97. The third-order valence-corrected chi connectivity index (χ3v) is 6.31. The van der Waals surface area contributed by atoms with Gasteiger partial charge in [-0.05, 0) is 74.1 Å². The van der Waals surface area contributed by atoms with Gasteiger partial charge in [-0.1, -0.05) is 6.42 Å². The smallest absolute Gasteiger partial charge is 0.119 e. The van der Waals surface area contributed by atoms with Crippen molar-refractivity contribution >= 4 is 32.6 Å². The molecule has 4 aromatic rings. The average molecular weight is 374 g/mol. The van der Waals surface area contributed by atoms with Gasteiger partial charge in [0, 0.05) is 47.2 Å². The highest BCUT2D eigenvalue weighted by atomic mass is 16.5. The highest BCUT2D eigenvalue weighted by Crippen LogP contribution is 2.36. The lowest BCUT2D eigenvalue weighted by atomic mass is 10.0. The Hall–Kier alpha value is -2.59. The fourth-order valence-electron chi connectivity index (χ4n) is 4.84. The van der Waals surface area contributed by atoms with Gasteiger partial charge >= 0.3 is 0 Å². The van der Waals surface area contributed by atoms with Gasteiger partial charge in [0.25, 0.3) is 0 Å². The number of fused-ring (bicyclic) bond motifs is 4. The van der Waals surface area contributed by atoms with Gasteiger partial charge in [0.1, 0.15) is 5.75 Å². The van der Waals surface area contributed by atoms with Gasteiger partial charge in [0.2, 0.25) is 0 Å². The molecule has 2 aromatic carbocycles. The predicted molar refractivity (Wildman–Crippen MR) is 116 cm³/mol. The summed E-state index contributed by atoms with van der Waals surface area (Å²) in [5.74, 6) is 0.909. The number of nitrogens with zero attached hydrogens (tertiary/aromatic N) is 3. The maximum absolute atomic E-state index is 5.52. The Morgan fingerprint density at radius 2 is 1.82 bits per heavy atom. The molecule has 2 aromatic heterocycles. The van der Waals surface area contributed by atoms with E-state index in [0.717, 1.165) is 18.8 Å². The van der Waals surface area contributed by atoms with Gasteiger partial charge in [0.05, 0.1) is 12.6 Å². The van der Waals surface area contributed by atoms with E-state index in [9.17, 15) is 0 Å². The summed E-state index contributed by atoms with van der Waals surface area (Å²) in [6, 6.07) is 10.9. The lowest BCUT2D eigenvalue weighted by molar-refractivity contribution is 0.222. The van der Waals surface area contributed by atoms with E-state index in [1.165, 1.54) is 70.5 Å². The maximum atomic E-state index is 5.52. The van der Waals surface area contributed by atoms with E-state index in [0.29, 0.717) is 0 Å². The monoisotopic (exact) mass is 373 g/mol. The van der Waals surface area contributed by atoms with E-state index >= 15 is 0 Å². The van der Waals surface area contributed by atoms with Crippen molar-refractivity contribution in [1.82, 2.24) is 14.5 Å². The Morgan fingerprint density at radius 1 is 0.964 bits per heavy atom. The highest BCUT2D eigenvalue weighted by Gasteiger charge is 2.17. The molecule has 1 aliphatic heterocycles. The van der Waals surface area contributed by atoms with Crippen LogP contribution in [0.2, 0.25) is 0 Å². The Kier molecular flexibility index (Phi) is 4.44. The topological polar surface area (TPSA) is 30.3 Å². The van der Waals surface area contributed by atoms with Crippen LogP contribution in [0.5, 0.6) is 5.75 Å². The molecule has 0 aliphatic carbocycles. The first-order valence-corrected chi connectivity index (χ1v) is 10.3. The molecule has 28 heavy (non-hydrogen) atoms. The molecule has 0 radical (unpaired) electrons. The number of ether oxygens (including phenoxy) is 1. The minimum atomic E-state index is 0.909. The van der Waals surface area contributed by atoms with E-state index in [1.807, 2.05) is 12.4 Å². The summed E-state index contributed by atoms with van der Waals surface area (Å²) >= 11 is 0. The Bertz CT molecular complexity index is 1160. The third kappa shape index (κ3) is 2.83. The lowest BCUT2D eigenvalue weighted by Gasteiger charge is -2.27. The zero-order valence-corrected chi connectivity index (χ0v) is 16.7. The molecule has 0 amide bonds. The van der Waals surface area contributed by atoms with Crippen molar-refractivity contribution < 1.29 is 4.74 Å². The van der Waals surface area contributed by atoms with Crippen LogP contribution in [0.15, 0.2) is 42.7 Å². The summed E-state index contributed by atoms with van der Waals surface area (Å²) in [4.78, 5) is 6.96. The zero-order valence-electron chi connectivity index (χ0n) is 16.7. The minimum Gasteiger partial charge on any atom is -0.497 e. The second-order valence-electron chi connectivity index (χ2n) is 7.93. The van der Waals surface area contributed by atoms with Crippen LogP contribution in [0.25, 0.3) is 32.6 Å². The third-order valence-electron chi connectivity index (χ3n) is 6.31. The molecule has 0 atom stereocenters. The molecular weight excluding hydrogens is 346 g/mol. The SMILES string of the molecule is COc1ccc2c(c1)c1cc3cnccc3c(C)c1n2CCN1CCCCC1. The van der Waals surface area contributed by atoms with Crippen molar-refractivity contribution in [3.8, 4) is 5.75 Å². The van der Waals surface area contributed by atoms with Crippen molar-refractivity contribution in [3.63, 3.8) is 0 Å². The fraction of sp³-hybridized carbons (Fsp3) is 0.375. The second-order valence-corrected chi connectivity index (χ2v) is 7.93. The van der Waals surface area contributed by atoms with E-state index in [-0.39, 0.29) is 0 Å². The number of aryl methyl sites for hydroxylation is 1. The van der Waals surface area contributed by atoms with Gasteiger partial charge in [-0.25, -0.2) is 0 Å². The molecule has 0 unspecified atom stereocenters. The summed E-state index contributed by atoms with van der Waals surface area (Å²) in [6.07, 6.45) is 7.91. The summed E-state index contributed by atoms with van der Waals surface area (Å²) in [5, 5.41) is 5.05. The number of hydrogen-bond acceptors (Lipinski definition) is 3. The van der Waals surface area contributed by atoms with E-state index in [4.69, 9.17) is 4.74 Å².